The quantitative estimate of drug-likeness (QED) is 0.179. The summed E-state index contributed by atoms with van der Waals surface area (Å²) in [4.78, 5) is 14.4. The summed E-state index contributed by atoms with van der Waals surface area (Å²) in [5.41, 5.74) is 5.76. The Labute approximate surface area is 230 Å². The molecule has 0 spiro atoms. The van der Waals surface area contributed by atoms with Gasteiger partial charge >= 0.3 is 5.97 Å². The third kappa shape index (κ3) is 7.12. The van der Waals surface area contributed by atoms with Gasteiger partial charge in [-0.3, -0.25) is 4.79 Å². The molecule has 0 atom stereocenters. The number of carbonyl (C=O) groups is 1. The van der Waals surface area contributed by atoms with Crippen LogP contribution in [0.15, 0.2) is 60.7 Å². The molecule has 206 valence electrons. The highest BCUT2D eigenvalue weighted by Crippen LogP contribution is 2.39. The predicted molar refractivity (Wildman–Crippen MR) is 152 cm³/mol. The first-order chi connectivity index (χ1) is 18.8. The molecule has 8 heteroatoms. The molecule has 5 rings (SSSR count). The fourth-order valence-corrected chi connectivity index (χ4v) is 5.46. The standard InChI is InChI=1S/C31H35NO6S/c1-3-32-15-14-24-19-26(36-16-5-17-39(2,34)35)11-12-28(24)29-18-22(8-13-30(29)32)21-37-25-6-4-7-27(20-25)38-31(33)23-9-10-23/h4,6-8,11-13,18-20,23H,3,5,9-10,14-17,21H2,1-2H3. The second-order valence-electron chi connectivity index (χ2n) is 10.3. The smallest absolute Gasteiger partial charge is 0.314 e. The summed E-state index contributed by atoms with van der Waals surface area (Å²) in [5, 5.41) is 0. The number of anilines is 1. The maximum absolute atomic E-state index is 12.0. The first kappa shape index (κ1) is 27.1. The van der Waals surface area contributed by atoms with Gasteiger partial charge in [0.05, 0.1) is 18.3 Å². The Kier molecular flexibility index (Phi) is 8.12. The minimum absolute atomic E-state index is 0.0437. The van der Waals surface area contributed by atoms with Crippen molar-refractivity contribution in [2.45, 2.75) is 39.2 Å². The summed E-state index contributed by atoms with van der Waals surface area (Å²) in [5.74, 6) is 1.92. The number of carbonyl (C=O) groups excluding carboxylic acids is 1. The highest BCUT2D eigenvalue weighted by atomic mass is 32.2. The molecule has 1 heterocycles. The number of rotatable bonds is 11. The molecule has 1 aliphatic heterocycles. The van der Waals surface area contributed by atoms with E-state index in [1.165, 1.54) is 23.1 Å². The predicted octanol–water partition coefficient (Wildman–Crippen LogP) is 5.44. The number of sulfone groups is 1. The molecule has 0 unspecified atom stereocenters. The average molecular weight is 550 g/mol. The normalized spacial score (nSPS) is 14.7. The van der Waals surface area contributed by atoms with Crippen LogP contribution >= 0.6 is 0 Å². The largest absolute Gasteiger partial charge is 0.494 e. The fourth-order valence-electron chi connectivity index (χ4n) is 4.82. The molecule has 39 heavy (non-hydrogen) atoms. The van der Waals surface area contributed by atoms with Crippen molar-refractivity contribution >= 4 is 21.5 Å². The van der Waals surface area contributed by atoms with Gasteiger partial charge < -0.3 is 19.1 Å². The topological polar surface area (TPSA) is 82.1 Å². The number of ether oxygens (including phenoxy) is 3. The lowest BCUT2D eigenvalue weighted by molar-refractivity contribution is -0.135. The van der Waals surface area contributed by atoms with Crippen LogP contribution in [-0.4, -0.2) is 46.1 Å². The SMILES string of the molecule is CCN1CCc2cc(OCCCS(C)(=O)=O)ccc2-c2cc(COc3cccc(OC(=O)C4CC4)c3)ccc21. The number of likely N-dealkylation sites (N-methyl/N-ethyl adjacent to an activating group) is 1. The van der Waals surface area contributed by atoms with E-state index in [1.54, 1.807) is 12.1 Å². The van der Waals surface area contributed by atoms with E-state index in [9.17, 15) is 13.2 Å². The van der Waals surface area contributed by atoms with Crippen molar-refractivity contribution in [1.82, 2.24) is 0 Å². The van der Waals surface area contributed by atoms with Gasteiger partial charge in [0.1, 0.15) is 33.7 Å². The van der Waals surface area contributed by atoms with Crippen molar-refractivity contribution in [2.24, 2.45) is 5.92 Å². The highest BCUT2D eigenvalue weighted by molar-refractivity contribution is 7.90. The molecule has 3 aromatic carbocycles. The van der Waals surface area contributed by atoms with Crippen molar-refractivity contribution in [3.05, 3.63) is 71.8 Å². The number of hydrogen-bond acceptors (Lipinski definition) is 7. The molecule has 0 bridgehead atoms. The molecule has 0 aromatic heterocycles. The first-order valence-electron chi connectivity index (χ1n) is 13.6. The van der Waals surface area contributed by atoms with Gasteiger partial charge in [-0.15, -0.1) is 0 Å². The van der Waals surface area contributed by atoms with Crippen LogP contribution in [0.4, 0.5) is 5.69 Å². The number of hydrogen-bond donors (Lipinski definition) is 0. The summed E-state index contributed by atoms with van der Waals surface area (Å²) >= 11 is 0. The van der Waals surface area contributed by atoms with Crippen molar-refractivity contribution in [2.75, 3.05) is 36.6 Å². The van der Waals surface area contributed by atoms with Gasteiger partial charge in [0.2, 0.25) is 0 Å². The van der Waals surface area contributed by atoms with E-state index >= 15 is 0 Å². The molecule has 1 saturated carbocycles. The minimum Gasteiger partial charge on any atom is -0.494 e. The summed E-state index contributed by atoms with van der Waals surface area (Å²) in [7, 11) is -2.99. The Morgan fingerprint density at radius 1 is 0.949 bits per heavy atom. The third-order valence-corrected chi connectivity index (χ3v) is 8.10. The fraction of sp³-hybridized carbons (Fsp3) is 0.387. The average Bonchev–Trinajstić information content (AvgIpc) is 3.77. The van der Waals surface area contributed by atoms with Gasteiger partial charge in [-0.25, -0.2) is 8.42 Å². The lowest BCUT2D eigenvalue weighted by Gasteiger charge is -2.23. The zero-order valence-electron chi connectivity index (χ0n) is 22.5. The molecular formula is C31H35NO6S. The molecule has 3 aromatic rings. The molecule has 1 fully saturated rings. The highest BCUT2D eigenvalue weighted by Gasteiger charge is 2.31. The van der Waals surface area contributed by atoms with E-state index in [-0.39, 0.29) is 17.6 Å². The lowest BCUT2D eigenvalue weighted by atomic mass is 9.96. The monoisotopic (exact) mass is 549 g/mol. The second-order valence-corrected chi connectivity index (χ2v) is 12.6. The van der Waals surface area contributed by atoms with Crippen LogP contribution in [-0.2, 0) is 27.7 Å². The number of fused-ring (bicyclic) bond motifs is 3. The summed E-state index contributed by atoms with van der Waals surface area (Å²) in [6, 6.07) is 19.8. The Morgan fingerprint density at radius 2 is 1.74 bits per heavy atom. The van der Waals surface area contributed by atoms with E-state index in [0.29, 0.717) is 31.1 Å². The van der Waals surface area contributed by atoms with Crippen molar-refractivity contribution < 1.29 is 27.4 Å². The van der Waals surface area contributed by atoms with E-state index in [2.05, 4.69) is 42.2 Å². The minimum atomic E-state index is -2.99. The Bertz CT molecular complexity index is 1450. The van der Waals surface area contributed by atoms with Crippen molar-refractivity contribution in [3.63, 3.8) is 0 Å². The molecule has 0 saturated heterocycles. The van der Waals surface area contributed by atoms with Crippen molar-refractivity contribution in [1.29, 1.82) is 0 Å². The van der Waals surface area contributed by atoms with Gasteiger partial charge in [-0.2, -0.15) is 0 Å². The molecule has 1 aliphatic carbocycles. The van der Waals surface area contributed by atoms with Crippen LogP contribution in [0.5, 0.6) is 17.2 Å². The van der Waals surface area contributed by atoms with Crippen molar-refractivity contribution in [3.8, 4) is 28.4 Å². The van der Waals surface area contributed by atoms with E-state index in [4.69, 9.17) is 14.2 Å². The summed E-state index contributed by atoms with van der Waals surface area (Å²) in [6.45, 7) is 4.72. The van der Waals surface area contributed by atoms with Gasteiger partial charge in [-0.05, 0) is 85.7 Å². The molecule has 0 radical (unpaired) electrons. The van der Waals surface area contributed by atoms with Crippen LogP contribution in [0.25, 0.3) is 11.1 Å². The number of benzene rings is 3. The molecular weight excluding hydrogens is 514 g/mol. The first-order valence-corrected chi connectivity index (χ1v) is 15.6. The number of nitrogens with zero attached hydrogens (tertiary/aromatic N) is 1. The zero-order valence-corrected chi connectivity index (χ0v) is 23.3. The van der Waals surface area contributed by atoms with Crippen LogP contribution in [0.3, 0.4) is 0 Å². The molecule has 0 amide bonds. The van der Waals surface area contributed by atoms with Gasteiger partial charge in [0, 0.05) is 36.7 Å². The maximum atomic E-state index is 12.0. The summed E-state index contributed by atoms with van der Waals surface area (Å²) < 4.78 is 40.2. The zero-order chi connectivity index (χ0) is 27.4. The Morgan fingerprint density at radius 3 is 2.51 bits per heavy atom. The number of esters is 1. The molecule has 0 N–H and O–H groups in total. The van der Waals surface area contributed by atoms with Gasteiger partial charge in [0.25, 0.3) is 0 Å². The molecule has 7 nitrogen and oxygen atoms in total. The van der Waals surface area contributed by atoms with Gasteiger partial charge in [-0.1, -0.05) is 18.2 Å². The lowest BCUT2D eigenvalue weighted by Crippen LogP contribution is -2.24. The van der Waals surface area contributed by atoms with E-state index in [0.717, 1.165) is 49.2 Å². The Balaban J connectivity index is 1.31. The van der Waals surface area contributed by atoms with Crippen LogP contribution < -0.4 is 19.1 Å². The van der Waals surface area contributed by atoms with Gasteiger partial charge in [0.15, 0.2) is 0 Å². The summed E-state index contributed by atoms with van der Waals surface area (Å²) in [6.07, 6.45) is 4.42. The van der Waals surface area contributed by atoms with E-state index < -0.39 is 9.84 Å². The molecule has 2 aliphatic rings. The third-order valence-electron chi connectivity index (χ3n) is 7.07. The van der Waals surface area contributed by atoms with E-state index in [1.807, 2.05) is 18.2 Å². The van der Waals surface area contributed by atoms with Crippen LogP contribution in [0.1, 0.15) is 37.3 Å². The maximum Gasteiger partial charge on any atom is 0.314 e. The van der Waals surface area contributed by atoms with Crippen LogP contribution in [0, 0.1) is 5.92 Å². The second kappa shape index (κ2) is 11.7. The Hall–Kier alpha value is -3.52. The van der Waals surface area contributed by atoms with Crippen LogP contribution in [0.2, 0.25) is 0 Å².